The van der Waals surface area contributed by atoms with Gasteiger partial charge in [-0.15, -0.1) is 0 Å². The van der Waals surface area contributed by atoms with Gasteiger partial charge in [0.25, 0.3) is 0 Å². The van der Waals surface area contributed by atoms with Crippen molar-refractivity contribution in [1.29, 1.82) is 0 Å². The fourth-order valence-corrected chi connectivity index (χ4v) is 9.85. The molecule has 6 atom stereocenters. The van der Waals surface area contributed by atoms with Crippen molar-refractivity contribution in [1.82, 2.24) is 9.80 Å². The molecule has 0 spiro atoms. The van der Waals surface area contributed by atoms with Crippen LogP contribution in [0, 0.1) is 5.92 Å². The zero-order valence-electron chi connectivity index (χ0n) is 54.0. The molecule has 4 N–H and O–H groups in total. The van der Waals surface area contributed by atoms with Crippen LogP contribution in [0.3, 0.4) is 0 Å². The highest BCUT2D eigenvalue weighted by Gasteiger charge is 2.23. The number of carbonyl (C=O) groups excluding carboxylic acids is 3. The Morgan fingerprint density at radius 2 is 0.674 bits per heavy atom. The first-order chi connectivity index (χ1) is 45.0. The molecule has 8 aromatic rings. The number of benzene rings is 8. The van der Waals surface area contributed by atoms with Crippen molar-refractivity contribution in [2.45, 2.75) is 85.5 Å². The molecule has 0 fully saturated rings. The second-order valence-electron chi connectivity index (χ2n) is 23.5. The second-order valence-corrected chi connectivity index (χ2v) is 23.5. The molecule has 0 bridgehead atoms. The Morgan fingerprint density at radius 1 is 0.358 bits per heavy atom. The SMILES string of the molecule is C.C.CC(C)COCCOC(C)COCC(C)N(CC(O)COc1ccc(Cc2ccccc2)cc1)CC(O)COc1ccc(C(=O)c2ccccc2)cc1.CN(CC(O)COc1ccc(C(=O)c2ccccc2)cc1)CC(O)COc1ccc(C(=O)c2ccccc2)cc1. The lowest BCUT2D eigenvalue weighted by Gasteiger charge is -2.32. The fourth-order valence-electron chi connectivity index (χ4n) is 9.85. The van der Waals surface area contributed by atoms with Crippen molar-refractivity contribution >= 4 is 17.3 Å². The molecule has 16 heteroatoms. The minimum absolute atomic E-state index is 0. The molecular formula is C79H98N2O14. The Morgan fingerprint density at radius 3 is 1.03 bits per heavy atom. The fraction of sp³-hybridized carbons (Fsp3) is 0.354. The summed E-state index contributed by atoms with van der Waals surface area (Å²) in [6, 6.07) is 65.8. The summed E-state index contributed by atoms with van der Waals surface area (Å²) in [5.41, 5.74) is 5.96. The molecule has 95 heavy (non-hydrogen) atoms. The van der Waals surface area contributed by atoms with E-state index in [1.54, 1.807) is 121 Å². The minimum Gasteiger partial charge on any atom is -0.491 e. The quantitative estimate of drug-likeness (QED) is 0.0209. The minimum atomic E-state index is -0.860. The Kier molecular flexibility index (Phi) is 34.3. The third-order valence-corrected chi connectivity index (χ3v) is 14.8. The van der Waals surface area contributed by atoms with Gasteiger partial charge < -0.3 is 58.5 Å². The van der Waals surface area contributed by atoms with E-state index in [0.717, 1.165) is 6.42 Å². The molecule has 0 heterocycles. The zero-order valence-corrected chi connectivity index (χ0v) is 54.0. The van der Waals surface area contributed by atoms with E-state index in [4.69, 9.17) is 33.2 Å². The number of ketones is 3. The Labute approximate surface area is 562 Å². The maximum absolute atomic E-state index is 12.8. The predicted octanol–water partition coefficient (Wildman–Crippen LogP) is 12.0. The van der Waals surface area contributed by atoms with Gasteiger partial charge in [-0.1, -0.05) is 162 Å². The standard InChI is InChI=1S/C44H57NO8.C33H33NO6.2CH4/c1-33(2)28-49-23-24-51-35(4)30-50-29-34(3)45(26-40(46)31-52-42-19-15-37(16-20-42)25-36-11-7-5-8-12-36)27-41(47)32-53-43-21-17-39(18-22-43)44(48)38-13-9-6-10-14-38;1-34(20-28(35)22-39-30-16-12-26(13-17-30)32(37)24-8-4-2-5-9-24)21-29(36)23-40-31-18-14-27(15-19-31)33(38)25-10-6-3-7-11-25;;/h5-22,33-35,40-41,46-47H,23-32H2,1-4H3;2-19,28-29,35-36H,20-23H2,1H3;2*1H4. The summed E-state index contributed by atoms with van der Waals surface area (Å²) < 4.78 is 40.6. The van der Waals surface area contributed by atoms with Crippen LogP contribution in [0.25, 0.3) is 0 Å². The third-order valence-electron chi connectivity index (χ3n) is 14.8. The van der Waals surface area contributed by atoms with E-state index in [1.807, 2.05) is 116 Å². The van der Waals surface area contributed by atoms with Gasteiger partial charge in [0.1, 0.15) is 73.8 Å². The summed E-state index contributed by atoms with van der Waals surface area (Å²) in [6.07, 6.45) is -2.51. The highest BCUT2D eigenvalue weighted by Crippen LogP contribution is 2.21. The van der Waals surface area contributed by atoms with Crippen LogP contribution < -0.4 is 18.9 Å². The van der Waals surface area contributed by atoms with Crippen LogP contribution in [0.15, 0.2) is 218 Å². The number of ether oxygens (including phenoxy) is 7. The van der Waals surface area contributed by atoms with Crippen molar-refractivity contribution in [3.8, 4) is 23.0 Å². The van der Waals surface area contributed by atoms with Crippen molar-refractivity contribution in [3.63, 3.8) is 0 Å². The summed E-state index contributed by atoms with van der Waals surface area (Å²) in [4.78, 5) is 41.6. The van der Waals surface area contributed by atoms with Crippen LogP contribution in [0.5, 0.6) is 23.0 Å². The Balaban J connectivity index is 0.000000349. The maximum Gasteiger partial charge on any atom is 0.193 e. The molecular weight excluding hydrogens is 1200 g/mol. The monoisotopic (exact) mass is 1300 g/mol. The van der Waals surface area contributed by atoms with E-state index in [-0.39, 0.29) is 97.0 Å². The Hall–Kier alpha value is -8.39. The average molecular weight is 1300 g/mol. The summed E-state index contributed by atoms with van der Waals surface area (Å²) in [5, 5.41) is 42.9. The number of carbonyl (C=O) groups is 3. The topological polar surface area (TPSA) is 203 Å². The van der Waals surface area contributed by atoms with Crippen LogP contribution >= 0.6 is 0 Å². The molecule has 0 amide bonds. The predicted molar refractivity (Wildman–Crippen MR) is 375 cm³/mol. The highest BCUT2D eigenvalue weighted by atomic mass is 16.6. The summed E-state index contributed by atoms with van der Waals surface area (Å²) in [5.74, 6) is 2.62. The normalized spacial score (nSPS) is 13.0. The van der Waals surface area contributed by atoms with Crippen molar-refractivity contribution in [2.24, 2.45) is 5.92 Å². The van der Waals surface area contributed by atoms with Gasteiger partial charge in [0.15, 0.2) is 17.3 Å². The lowest BCUT2D eigenvalue weighted by atomic mass is 10.0. The first kappa shape index (κ1) is 77.3. The van der Waals surface area contributed by atoms with Crippen LogP contribution in [-0.4, -0.2) is 177 Å². The summed E-state index contributed by atoms with van der Waals surface area (Å²) in [6.45, 7) is 12.0. The number of hydrogen-bond acceptors (Lipinski definition) is 16. The second kappa shape index (κ2) is 42.1. The molecule has 6 unspecified atom stereocenters. The first-order valence-electron chi connectivity index (χ1n) is 31.7. The van der Waals surface area contributed by atoms with Gasteiger partial charge in [0.05, 0.1) is 32.5 Å². The number of aliphatic hydroxyl groups excluding tert-OH is 4. The Bertz CT molecular complexity index is 3270. The number of rotatable bonds is 39. The number of likely N-dealkylation sites (N-methyl/N-ethyl adjacent to an activating group) is 1. The lowest BCUT2D eigenvalue weighted by Crippen LogP contribution is -2.47. The van der Waals surface area contributed by atoms with Crippen molar-refractivity contribution in [2.75, 3.05) is 92.7 Å². The highest BCUT2D eigenvalue weighted by molar-refractivity contribution is 6.10. The summed E-state index contributed by atoms with van der Waals surface area (Å²) >= 11 is 0. The smallest absolute Gasteiger partial charge is 0.193 e. The molecule has 0 aliphatic rings. The lowest BCUT2D eigenvalue weighted by molar-refractivity contribution is -0.0483. The first-order valence-corrected chi connectivity index (χ1v) is 31.7. The van der Waals surface area contributed by atoms with Gasteiger partial charge in [0, 0.05) is 72.2 Å². The van der Waals surface area contributed by atoms with Gasteiger partial charge in [-0.2, -0.15) is 0 Å². The zero-order chi connectivity index (χ0) is 66.2. The van der Waals surface area contributed by atoms with Crippen LogP contribution in [-0.2, 0) is 20.6 Å². The van der Waals surface area contributed by atoms with E-state index in [2.05, 4.69) is 26.0 Å². The molecule has 0 saturated carbocycles. The van der Waals surface area contributed by atoms with E-state index >= 15 is 0 Å². The van der Waals surface area contributed by atoms with E-state index in [1.165, 1.54) is 11.1 Å². The van der Waals surface area contributed by atoms with Gasteiger partial charge >= 0.3 is 0 Å². The number of aliphatic hydroxyl groups is 4. The van der Waals surface area contributed by atoms with Crippen molar-refractivity contribution < 1.29 is 68.0 Å². The van der Waals surface area contributed by atoms with E-state index in [9.17, 15) is 34.8 Å². The molecule has 0 saturated heterocycles. The molecule has 0 aromatic heterocycles. The number of hydrogen-bond donors (Lipinski definition) is 4. The van der Waals surface area contributed by atoms with Gasteiger partial charge in [0.2, 0.25) is 0 Å². The van der Waals surface area contributed by atoms with Gasteiger partial charge in [-0.3, -0.25) is 19.3 Å². The third kappa shape index (κ3) is 28.2. The molecule has 0 aliphatic carbocycles. The van der Waals surface area contributed by atoms with Crippen LogP contribution in [0.2, 0.25) is 0 Å². The van der Waals surface area contributed by atoms with Gasteiger partial charge in [-0.05, 0) is 129 Å². The number of nitrogens with zero attached hydrogens (tertiary/aromatic N) is 2. The van der Waals surface area contributed by atoms with E-state index < -0.39 is 24.4 Å². The molecule has 8 aromatic carbocycles. The molecule has 0 aliphatic heterocycles. The largest absolute Gasteiger partial charge is 0.491 e. The summed E-state index contributed by atoms with van der Waals surface area (Å²) in [7, 11) is 1.79. The average Bonchev–Trinajstić information content (AvgIpc) is 1.04. The molecule has 16 nitrogen and oxygen atoms in total. The van der Waals surface area contributed by atoms with E-state index in [0.29, 0.717) is 95.3 Å². The molecule has 0 radical (unpaired) electrons. The van der Waals surface area contributed by atoms with Gasteiger partial charge in [-0.25, -0.2) is 0 Å². The molecule has 508 valence electrons. The van der Waals surface area contributed by atoms with Crippen LogP contribution in [0.1, 0.15) is 101 Å². The maximum atomic E-state index is 12.8. The molecule has 8 rings (SSSR count). The van der Waals surface area contributed by atoms with Crippen molar-refractivity contribution in [3.05, 3.63) is 263 Å². The van der Waals surface area contributed by atoms with Crippen LogP contribution in [0.4, 0.5) is 0 Å².